The molecule has 0 radical (unpaired) electrons. The van der Waals surface area contributed by atoms with Crippen LogP contribution in [0.15, 0.2) is 53.7 Å². The third kappa shape index (κ3) is 5.10. The molecule has 0 atom stereocenters. The first kappa shape index (κ1) is 21.8. The number of benzene rings is 2. The van der Waals surface area contributed by atoms with E-state index in [1.165, 1.54) is 36.7 Å². The minimum absolute atomic E-state index is 0.0467. The van der Waals surface area contributed by atoms with Crippen molar-refractivity contribution in [2.24, 2.45) is 0 Å². The molecule has 0 bridgehead atoms. The first-order valence-electron chi connectivity index (χ1n) is 10.3. The van der Waals surface area contributed by atoms with E-state index in [-0.39, 0.29) is 17.5 Å². The van der Waals surface area contributed by atoms with Gasteiger partial charge in [0.25, 0.3) is 0 Å². The second-order valence-electron chi connectivity index (χ2n) is 7.76. The highest BCUT2D eigenvalue weighted by molar-refractivity contribution is 7.99. The van der Waals surface area contributed by atoms with E-state index < -0.39 is 0 Å². The summed E-state index contributed by atoms with van der Waals surface area (Å²) in [7, 11) is 1.73. The van der Waals surface area contributed by atoms with Crippen LogP contribution in [0.3, 0.4) is 0 Å². The fourth-order valence-corrected chi connectivity index (χ4v) is 5.09. The molecule has 1 saturated carbocycles. The van der Waals surface area contributed by atoms with Crippen LogP contribution in [0, 0.1) is 5.82 Å². The molecule has 5 nitrogen and oxygen atoms in total. The lowest BCUT2D eigenvalue weighted by atomic mass is 10.2. The Kier molecular flexibility index (Phi) is 6.92. The summed E-state index contributed by atoms with van der Waals surface area (Å²) < 4.78 is 15.6. The topological polar surface area (TPSA) is 51.0 Å². The molecule has 1 aliphatic rings. The van der Waals surface area contributed by atoms with Crippen molar-refractivity contribution in [2.75, 3.05) is 12.8 Å². The number of aromatic nitrogens is 3. The molecular weight excluding hydrogens is 435 g/mol. The largest absolute Gasteiger partial charge is 0.341 e. The minimum atomic E-state index is -0.301. The zero-order chi connectivity index (χ0) is 21.8. The summed E-state index contributed by atoms with van der Waals surface area (Å²) in [6, 6.07) is 14.2. The van der Waals surface area contributed by atoms with Gasteiger partial charge in [0.1, 0.15) is 5.82 Å². The van der Waals surface area contributed by atoms with Crippen molar-refractivity contribution in [3.05, 3.63) is 64.9 Å². The van der Waals surface area contributed by atoms with Crippen LogP contribution in [0.1, 0.15) is 37.3 Å². The van der Waals surface area contributed by atoms with Crippen molar-refractivity contribution in [2.45, 2.75) is 43.4 Å². The Morgan fingerprint density at radius 3 is 2.71 bits per heavy atom. The quantitative estimate of drug-likeness (QED) is 0.432. The number of nitrogens with zero attached hydrogens (tertiary/aromatic N) is 4. The number of carbonyl (C=O) groups excluding carboxylic acids is 1. The van der Waals surface area contributed by atoms with Gasteiger partial charge in [0.2, 0.25) is 5.91 Å². The summed E-state index contributed by atoms with van der Waals surface area (Å²) in [4.78, 5) is 14.3. The molecular formula is C23H24ClFN4OS. The van der Waals surface area contributed by atoms with Crippen molar-refractivity contribution in [1.82, 2.24) is 19.7 Å². The van der Waals surface area contributed by atoms with Crippen molar-refractivity contribution in [3.8, 4) is 11.4 Å². The Hall–Kier alpha value is -2.38. The molecule has 0 saturated heterocycles. The maximum Gasteiger partial charge on any atom is 0.233 e. The molecule has 0 spiro atoms. The lowest BCUT2D eigenvalue weighted by Gasteiger charge is -2.19. The van der Waals surface area contributed by atoms with Gasteiger partial charge in [0, 0.05) is 25.2 Å². The third-order valence-corrected chi connectivity index (χ3v) is 6.79. The second kappa shape index (κ2) is 9.83. The predicted octanol–water partition coefficient (Wildman–Crippen LogP) is 5.60. The minimum Gasteiger partial charge on any atom is -0.341 e. The van der Waals surface area contributed by atoms with Crippen molar-refractivity contribution < 1.29 is 9.18 Å². The first-order valence-corrected chi connectivity index (χ1v) is 11.7. The van der Waals surface area contributed by atoms with Gasteiger partial charge in [-0.3, -0.25) is 9.36 Å². The molecule has 0 N–H and O–H groups in total. The molecule has 3 aromatic rings. The van der Waals surface area contributed by atoms with Gasteiger partial charge in [-0.15, -0.1) is 10.2 Å². The van der Waals surface area contributed by atoms with Gasteiger partial charge in [-0.05, 0) is 42.7 Å². The Labute approximate surface area is 190 Å². The molecule has 1 amide bonds. The average Bonchev–Trinajstić information content (AvgIpc) is 3.42. The Bertz CT molecular complexity index is 1070. The van der Waals surface area contributed by atoms with Gasteiger partial charge in [0.15, 0.2) is 11.0 Å². The number of thioether (sulfide) groups is 1. The van der Waals surface area contributed by atoms with Gasteiger partial charge in [-0.2, -0.15) is 0 Å². The molecule has 0 aliphatic heterocycles. The first-order chi connectivity index (χ1) is 15.0. The number of hydrogen-bond acceptors (Lipinski definition) is 4. The Morgan fingerprint density at radius 1 is 1.19 bits per heavy atom. The maximum absolute atomic E-state index is 13.4. The highest BCUT2D eigenvalue weighted by Crippen LogP contribution is 2.38. The summed E-state index contributed by atoms with van der Waals surface area (Å²) in [5, 5.41) is 10.2. The molecule has 1 aromatic heterocycles. The van der Waals surface area contributed by atoms with Crippen LogP contribution in [0.25, 0.3) is 11.4 Å². The summed E-state index contributed by atoms with van der Waals surface area (Å²) in [5.41, 5.74) is 1.61. The van der Waals surface area contributed by atoms with Crippen LogP contribution in [0.5, 0.6) is 0 Å². The van der Waals surface area contributed by atoms with Gasteiger partial charge < -0.3 is 4.90 Å². The number of carbonyl (C=O) groups is 1. The maximum atomic E-state index is 13.4. The van der Waals surface area contributed by atoms with Crippen LogP contribution in [0.4, 0.5) is 4.39 Å². The Morgan fingerprint density at radius 2 is 1.97 bits per heavy atom. The number of rotatable bonds is 7. The zero-order valence-corrected chi connectivity index (χ0v) is 18.9. The van der Waals surface area contributed by atoms with E-state index in [1.807, 2.05) is 30.3 Å². The molecule has 0 unspecified atom stereocenters. The number of amides is 1. The van der Waals surface area contributed by atoms with Gasteiger partial charge in [0.05, 0.1) is 10.8 Å². The fourth-order valence-electron chi connectivity index (χ4n) is 3.93. The van der Waals surface area contributed by atoms with E-state index in [0.29, 0.717) is 17.6 Å². The van der Waals surface area contributed by atoms with E-state index in [4.69, 9.17) is 11.6 Å². The molecule has 2 aromatic carbocycles. The van der Waals surface area contributed by atoms with Crippen LogP contribution >= 0.6 is 23.4 Å². The molecule has 1 aliphatic carbocycles. The van der Waals surface area contributed by atoms with Gasteiger partial charge in [-0.25, -0.2) is 4.39 Å². The highest BCUT2D eigenvalue weighted by Gasteiger charge is 2.26. The summed E-state index contributed by atoms with van der Waals surface area (Å²) >= 11 is 7.81. The molecule has 4 rings (SSSR count). The average molecular weight is 459 g/mol. The standard InChI is InChI=1S/C23H24ClFN4OS/c1-28(14-16-7-6-8-17(25)13-16)21(30)15-31-23-27-26-22(19-11-4-5-12-20(19)24)29(23)18-9-2-3-10-18/h4-8,11-13,18H,2-3,9-10,14-15H2,1H3. The van der Waals surface area contributed by atoms with Crippen molar-refractivity contribution >= 4 is 29.3 Å². The fraction of sp³-hybridized carbons (Fsp3) is 0.348. The molecule has 8 heteroatoms. The van der Waals surface area contributed by atoms with Crippen LogP contribution < -0.4 is 0 Å². The monoisotopic (exact) mass is 458 g/mol. The molecule has 31 heavy (non-hydrogen) atoms. The van der Waals surface area contributed by atoms with Gasteiger partial charge in [-0.1, -0.05) is 60.5 Å². The molecule has 1 fully saturated rings. The number of halogens is 2. The van der Waals surface area contributed by atoms with Crippen LogP contribution in [0.2, 0.25) is 5.02 Å². The third-order valence-electron chi connectivity index (χ3n) is 5.53. The van der Waals surface area contributed by atoms with E-state index in [2.05, 4.69) is 14.8 Å². The van der Waals surface area contributed by atoms with E-state index in [0.717, 1.165) is 34.9 Å². The van der Waals surface area contributed by atoms with E-state index in [9.17, 15) is 9.18 Å². The van der Waals surface area contributed by atoms with E-state index in [1.54, 1.807) is 18.0 Å². The van der Waals surface area contributed by atoms with Gasteiger partial charge >= 0.3 is 0 Å². The summed E-state index contributed by atoms with van der Waals surface area (Å²) in [6.07, 6.45) is 4.47. The SMILES string of the molecule is CN(Cc1cccc(F)c1)C(=O)CSc1nnc(-c2ccccc2Cl)n1C1CCCC1. The van der Waals surface area contributed by atoms with Crippen molar-refractivity contribution in [3.63, 3.8) is 0 Å². The smallest absolute Gasteiger partial charge is 0.233 e. The lowest BCUT2D eigenvalue weighted by molar-refractivity contribution is -0.127. The Balaban J connectivity index is 1.50. The van der Waals surface area contributed by atoms with E-state index >= 15 is 0 Å². The zero-order valence-electron chi connectivity index (χ0n) is 17.3. The van der Waals surface area contributed by atoms with Crippen LogP contribution in [-0.2, 0) is 11.3 Å². The second-order valence-corrected chi connectivity index (χ2v) is 9.11. The number of hydrogen-bond donors (Lipinski definition) is 0. The lowest BCUT2D eigenvalue weighted by Crippen LogP contribution is -2.28. The van der Waals surface area contributed by atoms with Crippen molar-refractivity contribution in [1.29, 1.82) is 0 Å². The van der Waals surface area contributed by atoms with Crippen LogP contribution in [-0.4, -0.2) is 38.4 Å². The summed E-state index contributed by atoms with van der Waals surface area (Å²) in [6.45, 7) is 0.358. The highest BCUT2D eigenvalue weighted by atomic mass is 35.5. The molecule has 1 heterocycles. The summed E-state index contributed by atoms with van der Waals surface area (Å²) in [5.74, 6) is 0.638. The normalized spacial score (nSPS) is 14.2. The molecule has 162 valence electrons. The predicted molar refractivity (Wildman–Crippen MR) is 122 cm³/mol.